The molecule has 1 saturated carbocycles. The van der Waals surface area contributed by atoms with Crippen molar-refractivity contribution in [3.63, 3.8) is 0 Å². The molecule has 11 heteroatoms. The summed E-state index contributed by atoms with van der Waals surface area (Å²) in [6.07, 6.45) is 2.01. The van der Waals surface area contributed by atoms with Gasteiger partial charge in [0.05, 0.1) is 16.3 Å². The van der Waals surface area contributed by atoms with Crippen LogP contribution in [-0.2, 0) is 14.6 Å². The van der Waals surface area contributed by atoms with Crippen molar-refractivity contribution in [1.29, 1.82) is 0 Å². The number of hydrogen-bond acceptors (Lipinski definition) is 6. The van der Waals surface area contributed by atoms with Crippen molar-refractivity contribution in [3.8, 4) is 0 Å². The normalized spacial score (nSPS) is 19.4. The number of rotatable bonds is 6. The van der Waals surface area contributed by atoms with Gasteiger partial charge in [-0.3, -0.25) is 4.57 Å². The van der Waals surface area contributed by atoms with E-state index < -0.39 is 28.3 Å². The number of nitrogens with zero attached hydrogens (tertiary/aromatic N) is 3. The second-order valence-electron chi connectivity index (χ2n) is 8.55. The molecule has 0 bridgehead atoms. The molecule has 0 radical (unpaired) electrons. The van der Waals surface area contributed by atoms with E-state index in [1.54, 1.807) is 12.1 Å². The van der Waals surface area contributed by atoms with Crippen LogP contribution in [0.1, 0.15) is 62.1 Å². The Kier molecular flexibility index (Phi) is 5.78. The summed E-state index contributed by atoms with van der Waals surface area (Å²) in [4.78, 5) is 8.58. The second kappa shape index (κ2) is 8.48. The zero-order chi connectivity index (χ0) is 23.3. The van der Waals surface area contributed by atoms with Crippen molar-refractivity contribution in [2.75, 3.05) is 18.2 Å². The summed E-state index contributed by atoms with van der Waals surface area (Å²) in [5.74, 6) is -0.0800. The van der Waals surface area contributed by atoms with E-state index in [9.17, 15) is 17.2 Å². The van der Waals surface area contributed by atoms with Gasteiger partial charge >= 0.3 is 0 Å². The van der Waals surface area contributed by atoms with Crippen molar-refractivity contribution in [3.05, 3.63) is 40.8 Å². The Morgan fingerprint density at radius 2 is 1.94 bits per heavy atom. The molecule has 1 N–H and O–H groups in total. The summed E-state index contributed by atoms with van der Waals surface area (Å²) >= 11 is 6.26. The molecule has 1 aromatic carbocycles. The Morgan fingerprint density at radius 1 is 1.15 bits per heavy atom. The minimum absolute atomic E-state index is 0.0679. The molecule has 2 aromatic heterocycles. The maximum Gasteiger partial charge on any atom is 0.295 e. The molecule has 2 fully saturated rings. The van der Waals surface area contributed by atoms with Gasteiger partial charge in [0.15, 0.2) is 21.3 Å². The van der Waals surface area contributed by atoms with Gasteiger partial charge in [0.2, 0.25) is 0 Å². The Hall–Kier alpha value is -2.30. The molecule has 1 unspecified atom stereocenters. The first-order valence-corrected chi connectivity index (χ1v) is 13.1. The van der Waals surface area contributed by atoms with Gasteiger partial charge in [-0.05, 0) is 55.7 Å². The van der Waals surface area contributed by atoms with E-state index in [-0.39, 0.29) is 21.2 Å². The monoisotopic (exact) mass is 496 g/mol. The largest absolute Gasteiger partial charge is 0.358 e. The molecule has 1 aliphatic heterocycles. The van der Waals surface area contributed by atoms with Crippen LogP contribution in [0.5, 0.6) is 0 Å². The third-order valence-electron chi connectivity index (χ3n) is 6.01. The average Bonchev–Trinajstić information content (AvgIpc) is 3.54. The smallest absolute Gasteiger partial charge is 0.295 e. The SMILES string of the molecule is CS(=O)(=O)c1cc(C2CC2)ccc1Nc1cc(Cl)nc2c1nc(C(F)F)n2C1CCCCO1. The zero-order valence-corrected chi connectivity index (χ0v) is 19.5. The Balaban J connectivity index is 1.64. The average molecular weight is 497 g/mol. The standard InChI is InChI=1S/C22H23ClF2N4O3S/c1-33(30,31)16-10-13(12-5-6-12)7-8-14(16)26-15-11-17(23)27-21-19(15)28-22(20(24)25)29(21)18-4-2-3-9-32-18/h7-8,10-12,18,20H,2-6,9H2,1H3,(H,26,27). The number of fused-ring (bicyclic) bond motifs is 1. The van der Waals surface area contributed by atoms with Crippen LogP contribution in [0.3, 0.4) is 0 Å². The lowest BCUT2D eigenvalue weighted by Gasteiger charge is -2.25. The Labute approximate surface area is 195 Å². The van der Waals surface area contributed by atoms with E-state index >= 15 is 0 Å². The van der Waals surface area contributed by atoms with Crippen LogP contribution < -0.4 is 5.32 Å². The predicted octanol–water partition coefficient (Wildman–Crippen LogP) is 5.75. The van der Waals surface area contributed by atoms with Crippen LogP contribution in [0.15, 0.2) is 29.2 Å². The van der Waals surface area contributed by atoms with E-state index in [1.807, 2.05) is 6.07 Å². The highest BCUT2D eigenvalue weighted by molar-refractivity contribution is 7.90. The molecule has 0 amide bonds. The summed E-state index contributed by atoms with van der Waals surface area (Å²) in [7, 11) is -3.56. The first kappa shape index (κ1) is 22.5. The van der Waals surface area contributed by atoms with Crippen molar-refractivity contribution in [1.82, 2.24) is 14.5 Å². The molecule has 33 heavy (non-hydrogen) atoms. The highest BCUT2D eigenvalue weighted by atomic mass is 35.5. The lowest BCUT2D eigenvalue weighted by molar-refractivity contribution is -0.0363. The number of halogens is 3. The van der Waals surface area contributed by atoms with Crippen molar-refractivity contribution in [2.24, 2.45) is 0 Å². The fraction of sp³-hybridized carbons (Fsp3) is 0.455. The molecule has 5 rings (SSSR count). The second-order valence-corrected chi connectivity index (χ2v) is 10.9. The van der Waals surface area contributed by atoms with Crippen LogP contribution in [0.2, 0.25) is 5.15 Å². The summed E-state index contributed by atoms with van der Waals surface area (Å²) in [5, 5.41) is 3.13. The lowest BCUT2D eigenvalue weighted by Crippen LogP contribution is -2.20. The quantitative estimate of drug-likeness (QED) is 0.437. The van der Waals surface area contributed by atoms with Gasteiger partial charge in [-0.2, -0.15) is 0 Å². The van der Waals surface area contributed by atoms with Gasteiger partial charge in [0.25, 0.3) is 6.43 Å². The third kappa shape index (κ3) is 4.43. The molecule has 176 valence electrons. The molecule has 3 heterocycles. The lowest BCUT2D eigenvalue weighted by atomic mass is 10.1. The summed E-state index contributed by atoms with van der Waals surface area (Å²) in [5.41, 5.74) is 1.94. The number of imidazole rings is 1. The van der Waals surface area contributed by atoms with Gasteiger partial charge in [-0.1, -0.05) is 17.7 Å². The number of hydrogen-bond donors (Lipinski definition) is 1. The number of pyridine rings is 1. The molecule has 2 aliphatic rings. The van der Waals surface area contributed by atoms with E-state index in [4.69, 9.17) is 16.3 Å². The van der Waals surface area contributed by atoms with E-state index in [1.165, 1.54) is 10.6 Å². The van der Waals surface area contributed by atoms with Gasteiger partial charge in [0, 0.05) is 18.9 Å². The predicted molar refractivity (Wildman–Crippen MR) is 121 cm³/mol. The summed E-state index contributed by atoms with van der Waals surface area (Å²) in [6, 6.07) is 6.71. The zero-order valence-electron chi connectivity index (χ0n) is 17.9. The van der Waals surface area contributed by atoms with Crippen LogP contribution in [0.4, 0.5) is 20.2 Å². The number of anilines is 2. The van der Waals surface area contributed by atoms with Crippen molar-refractivity contribution >= 4 is 44.0 Å². The van der Waals surface area contributed by atoms with E-state index in [2.05, 4.69) is 15.3 Å². The number of alkyl halides is 2. The van der Waals surface area contributed by atoms with Gasteiger partial charge in [0.1, 0.15) is 16.9 Å². The van der Waals surface area contributed by atoms with Gasteiger partial charge in [-0.25, -0.2) is 27.2 Å². The van der Waals surface area contributed by atoms with Crippen LogP contribution in [0.25, 0.3) is 11.2 Å². The fourth-order valence-corrected chi connectivity index (χ4v) is 5.33. The minimum Gasteiger partial charge on any atom is -0.358 e. The van der Waals surface area contributed by atoms with Gasteiger partial charge in [-0.15, -0.1) is 0 Å². The number of sulfone groups is 1. The number of benzene rings is 1. The minimum atomic E-state index is -3.56. The topological polar surface area (TPSA) is 86.1 Å². The molecule has 7 nitrogen and oxygen atoms in total. The van der Waals surface area contributed by atoms with Crippen LogP contribution >= 0.6 is 11.6 Å². The molecule has 1 atom stereocenters. The van der Waals surface area contributed by atoms with Crippen LogP contribution in [-0.4, -0.2) is 35.8 Å². The summed E-state index contributed by atoms with van der Waals surface area (Å²) < 4.78 is 59.9. The highest BCUT2D eigenvalue weighted by Gasteiger charge is 2.30. The third-order valence-corrected chi connectivity index (χ3v) is 7.34. The van der Waals surface area contributed by atoms with Gasteiger partial charge < -0.3 is 10.1 Å². The van der Waals surface area contributed by atoms with E-state index in [0.29, 0.717) is 30.3 Å². The molecule has 1 aliphatic carbocycles. The maximum atomic E-state index is 13.9. The molecule has 0 spiro atoms. The number of ether oxygens (including phenoxy) is 1. The number of nitrogens with one attached hydrogen (secondary N) is 1. The Morgan fingerprint density at radius 3 is 2.58 bits per heavy atom. The molecular formula is C22H23ClF2N4O3S. The number of aromatic nitrogens is 3. The van der Waals surface area contributed by atoms with E-state index in [0.717, 1.165) is 37.5 Å². The maximum absolute atomic E-state index is 13.9. The first-order valence-electron chi connectivity index (χ1n) is 10.8. The summed E-state index contributed by atoms with van der Waals surface area (Å²) in [6.45, 7) is 0.462. The van der Waals surface area contributed by atoms with Crippen molar-refractivity contribution in [2.45, 2.75) is 55.6 Å². The Bertz CT molecular complexity index is 1320. The van der Waals surface area contributed by atoms with Crippen LogP contribution in [0, 0.1) is 0 Å². The fourth-order valence-electron chi connectivity index (χ4n) is 4.27. The van der Waals surface area contributed by atoms with Crippen molar-refractivity contribution < 1.29 is 21.9 Å². The molecular weight excluding hydrogens is 474 g/mol. The molecule has 3 aromatic rings. The molecule has 1 saturated heterocycles. The first-order chi connectivity index (χ1) is 15.7. The highest BCUT2D eigenvalue weighted by Crippen LogP contribution is 2.42.